The normalized spacial score (nSPS) is 18.1. The third-order valence-corrected chi connectivity index (χ3v) is 8.34. The molecule has 35 heavy (non-hydrogen) atoms. The van der Waals surface area contributed by atoms with Crippen molar-refractivity contribution in [3.05, 3.63) is 27.2 Å². The van der Waals surface area contributed by atoms with E-state index in [1.54, 1.807) is 0 Å². The maximum Gasteiger partial charge on any atom is 0.239 e. The van der Waals surface area contributed by atoms with Gasteiger partial charge in [-0.05, 0) is 69.3 Å². The van der Waals surface area contributed by atoms with Crippen molar-refractivity contribution in [2.45, 2.75) is 132 Å². The predicted octanol–water partition coefficient (Wildman–Crippen LogP) is 9.08. The van der Waals surface area contributed by atoms with Gasteiger partial charge in [-0.15, -0.1) is 0 Å². The van der Waals surface area contributed by atoms with E-state index in [2.05, 4.69) is 41.5 Å². The highest BCUT2D eigenvalue weighted by Crippen LogP contribution is 2.42. The minimum Gasteiger partial charge on any atom is -0.490 e. The zero-order chi connectivity index (χ0) is 26.1. The smallest absolute Gasteiger partial charge is 0.239 e. The van der Waals surface area contributed by atoms with Crippen LogP contribution in [0.5, 0.6) is 11.5 Å². The zero-order valence-electron chi connectivity index (χ0n) is 24.3. The molecule has 1 aliphatic rings. The molecule has 2 rings (SSSR count). The van der Waals surface area contributed by atoms with E-state index < -0.39 is 0 Å². The number of rotatable bonds is 15. The summed E-state index contributed by atoms with van der Waals surface area (Å²) in [5.41, 5.74) is 4.35. The van der Waals surface area contributed by atoms with Crippen LogP contribution in [0.25, 0.3) is 0 Å². The zero-order valence-corrected chi connectivity index (χ0v) is 24.3. The highest BCUT2D eigenvalue weighted by molar-refractivity contribution is 5.58. The Morgan fingerprint density at radius 3 is 1.91 bits per heavy atom. The molecule has 4 heteroatoms. The van der Waals surface area contributed by atoms with Gasteiger partial charge in [-0.3, -0.25) is 0 Å². The molecule has 0 amide bonds. The topological polar surface area (TPSA) is 38.5 Å². The molecule has 0 fully saturated rings. The molecule has 200 valence electrons. The SMILES string of the molecule is Cc1c(C)c2c(c(C)c1O[N+](C)=O)CCC(C(C)CCCC(C)CCCC(C)CCCC(C)C)O2. The summed E-state index contributed by atoms with van der Waals surface area (Å²) in [6, 6.07) is 0. The molecule has 0 saturated carbocycles. The fraction of sp³-hybridized carbons (Fsp3) is 0.806. The van der Waals surface area contributed by atoms with Gasteiger partial charge in [0.25, 0.3) is 0 Å². The second-order valence-corrected chi connectivity index (χ2v) is 12.1. The molecule has 0 aliphatic carbocycles. The van der Waals surface area contributed by atoms with E-state index in [1.807, 2.05) is 13.8 Å². The molecule has 1 aromatic carbocycles. The molecule has 0 bridgehead atoms. The Morgan fingerprint density at radius 1 is 0.829 bits per heavy atom. The molecule has 0 spiro atoms. The number of hydrogen-bond donors (Lipinski definition) is 0. The largest absolute Gasteiger partial charge is 0.490 e. The van der Waals surface area contributed by atoms with Crippen molar-refractivity contribution < 1.29 is 14.5 Å². The van der Waals surface area contributed by atoms with Crippen LogP contribution in [0.3, 0.4) is 0 Å². The van der Waals surface area contributed by atoms with Crippen LogP contribution in [0.15, 0.2) is 0 Å². The van der Waals surface area contributed by atoms with Gasteiger partial charge in [0.05, 0.1) is 4.91 Å². The van der Waals surface area contributed by atoms with Gasteiger partial charge in [0.1, 0.15) is 11.9 Å². The fourth-order valence-electron chi connectivity index (χ4n) is 5.73. The number of hydrogen-bond acceptors (Lipinski definition) is 3. The predicted molar refractivity (Wildman–Crippen MR) is 147 cm³/mol. The minimum atomic E-state index is 0.274. The summed E-state index contributed by atoms with van der Waals surface area (Å²) >= 11 is 0. The van der Waals surface area contributed by atoms with Crippen molar-refractivity contribution in [3.63, 3.8) is 0 Å². The Balaban J connectivity index is 1.77. The van der Waals surface area contributed by atoms with Crippen molar-refractivity contribution in [2.24, 2.45) is 23.7 Å². The Labute approximate surface area is 216 Å². The summed E-state index contributed by atoms with van der Waals surface area (Å²) in [4.78, 5) is 17.5. The summed E-state index contributed by atoms with van der Waals surface area (Å²) in [5, 5.41) is 0. The van der Waals surface area contributed by atoms with E-state index in [-0.39, 0.29) is 6.10 Å². The second kappa shape index (κ2) is 14.2. The molecule has 1 aliphatic heterocycles. The Morgan fingerprint density at radius 2 is 1.37 bits per heavy atom. The van der Waals surface area contributed by atoms with Gasteiger partial charge < -0.3 is 4.74 Å². The van der Waals surface area contributed by atoms with E-state index in [9.17, 15) is 4.91 Å². The summed E-state index contributed by atoms with van der Waals surface area (Å²) in [6.07, 6.45) is 14.5. The molecule has 0 aromatic heterocycles. The van der Waals surface area contributed by atoms with Crippen LogP contribution in [0.4, 0.5) is 0 Å². The Kier molecular flexibility index (Phi) is 12.1. The highest BCUT2D eigenvalue weighted by atomic mass is 16.8. The van der Waals surface area contributed by atoms with Crippen molar-refractivity contribution in [3.8, 4) is 11.5 Å². The molecule has 4 nitrogen and oxygen atoms in total. The van der Waals surface area contributed by atoms with Crippen molar-refractivity contribution in [1.82, 2.24) is 0 Å². The van der Waals surface area contributed by atoms with Crippen molar-refractivity contribution >= 4 is 0 Å². The number of fused-ring (bicyclic) bond motifs is 1. The van der Waals surface area contributed by atoms with Crippen LogP contribution in [-0.2, 0) is 6.42 Å². The maximum absolute atomic E-state index is 11.5. The summed E-state index contributed by atoms with van der Waals surface area (Å²) in [7, 11) is 1.39. The van der Waals surface area contributed by atoms with Crippen LogP contribution in [-0.4, -0.2) is 18.1 Å². The van der Waals surface area contributed by atoms with Gasteiger partial charge >= 0.3 is 0 Å². The molecule has 1 heterocycles. The average Bonchev–Trinajstić information content (AvgIpc) is 2.79. The van der Waals surface area contributed by atoms with Crippen molar-refractivity contribution in [1.29, 1.82) is 0 Å². The molecule has 4 atom stereocenters. The van der Waals surface area contributed by atoms with Gasteiger partial charge in [-0.1, -0.05) is 86.0 Å². The summed E-state index contributed by atoms with van der Waals surface area (Å²) in [5.74, 6) is 4.82. The van der Waals surface area contributed by atoms with Crippen LogP contribution in [0.2, 0.25) is 0 Å². The second-order valence-electron chi connectivity index (χ2n) is 12.1. The number of nitrogens with zero attached hydrogens (tertiary/aromatic N) is 1. The van der Waals surface area contributed by atoms with Crippen LogP contribution in [0.1, 0.15) is 121 Å². The van der Waals surface area contributed by atoms with Gasteiger partial charge in [0, 0.05) is 16.7 Å². The molecule has 0 saturated heterocycles. The molecule has 0 radical (unpaired) electrons. The van der Waals surface area contributed by atoms with E-state index in [4.69, 9.17) is 9.57 Å². The summed E-state index contributed by atoms with van der Waals surface area (Å²) in [6.45, 7) is 18.1. The van der Waals surface area contributed by atoms with E-state index >= 15 is 0 Å². The van der Waals surface area contributed by atoms with Crippen molar-refractivity contribution in [2.75, 3.05) is 7.05 Å². The van der Waals surface area contributed by atoms with Crippen LogP contribution in [0, 0.1) is 49.3 Å². The third kappa shape index (κ3) is 9.10. The molecular weight excluding hydrogens is 434 g/mol. The number of ether oxygens (including phenoxy) is 1. The lowest BCUT2D eigenvalue weighted by molar-refractivity contribution is -0.740. The maximum atomic E-state index is 11.5. The Bertz CT molecular complexity index is 816. The third-order valence-electron chi connectivity index (χ3n) is 8.34. The standard InChI is InChI=1S/C31H54NO3/c1-21(2)13-10-14-22(3)15-11-16-23(4)17-12-18-24(5)29-20-19-28-27(8)30(35-32(9)33)25(6)26(7)31(28)34-29/h21-24,29H,10-20H2,1-9H3/q+1. The van der Waals surface area contributed by atoms with Gasteiger partial charge in [0.2, 0.25) is 17.7 Å². The van der Waals surface area contributed by atoms with E-state index in [0.29, 0.717) is 16.6 Å². The lowest BCUT2D eigenvalue weighted by atomic mass is 9.86. The minimum absolute atomic E-state index is 0.274. The van der Waals surface area contributed by atoms with E-state index in [1.165, 1.54) is 70.4 Å². The molecule has 1 aromatic rings. The Hall–Kier alpha value is -1.58. The molecular formula is C31H54NO3+. The molecule has 0 N–H and O–H groups in total. The lowest BCUT2D eigenvalue weighted by Crippen LogP contribution is -2.30. The first-order valence-electron chi connectivity index (χ1n) is 14.4. The first kappa shape index (κ1) is 29.6. The van der Waals surface area contributed by atoms with Crippen LogP contribution >= 0.6 is 0 Å². The average molecular weight is 489 g/mol. The molecule has 4 unspecified atom stereocenters. The quantitative estimate of drug-likeness (QED) is 0.231. The number of benzene rings is 1. The van der Waals surface area contributed by atoms with Gasteiger partial charge in [-0.25, -0.2) is 0 Å². The lowest BCUT2D eigenvalue weighted by Gasteiger charge is -2.33. The monoisotopic (exact) mass is 488 g/mol. The highest BCUT2D eigenvalue weighted by Gasteiger charge is 2.30. The first-order valence-corrected chi connectivity index (χ1v) is 14.4. The first-order chi connectivity index (χ1) is 16.5. The van der Waals surface area contributed by atoms with Crippen LogP contribution < -0.4 is 9.57 Å². The fourth-order valence-corrected chi connectivity index (χ4v) is 5.73. The van der Waals surface area contributed by atoms with Gasteiger partial charge in [0.15, 0.2) is 0 Å². The summed E-state index contributed by atoms with van der Waals surface area (Å²) < 4.78 is 6.59. The van der Waals surface area contributed by atoms with Gasteiger partial charge in [-0.2, -0.15) is 4.84 Å². The van der Waals surface area contributed by atoms with E-state index in [0.717, 1.165) is 53.0 Å².